The zero-order valence-electron chi connectivity index (χ0n) is 33.5. The maximum absolute atomic E-state index is 6.39. The summed E-state index contributed by atoms with van der Waals surface area (Å²) in [4.78, 5) is 15.4. The standard InChI is InChI=1S/C58H35N3O/c1-2-15-37(16-3-1)55-59-56(38-33-31-36(32-34-38)42-24-14-26-48-46-22-7-11-30-52(46)62-54(42)48)61-57(60-55)40-18-12-17-39(35-40)41-23-13-25-47-45-21-6-10-29-51(45)58(53(41)47)49-27-8-4-19-43(49)44-20-5-9-28-50(44)58/h1-35H. The van der Waals surface area contributed by atoms with E-state index in [1.165, 1.54) is 50.1 Å². The highest BCUT2D eigenvalue weighted by atomic mass is 16.3. The maximum Gasteiger partial charge on any atom is 0.164 e. The van der Waals surface area contributed by atoms with Gasteiger partial charge >= 0.3 is 0 Å². The molecule has 9 aromatic carbocycles. The Kier molecular flexibility index (Phi) is 7.49. The third-order valence-corrected chi connectivity index (χ3v) is 13.0. The van der Waals surface area contributed by atoms with E-state index < -0.39 is 5.41 Å². The molecule has 2 heterocycles. The van der Waals surface area contributed by atoms with Gasteiger partial charge in [-0.05, 0) is 73.3 Å². The van der Waals surface area contributed by atoms with E-state index in [0.717, 1.165) is 55.3 Å². The van der Waals surface area contributed by atoms with Crippen molar-refractivity contribution in [3.05, 3.63) is 235 Å². The van der Waals surface area contributed by atoms with Crippen LogP contribution in [0.2, 0.25) is 0 Å². The Morgan fingerprint density at radius 3 is 1.47 bits per heavy atom. The first-order valence-electron chi connectivity index (χ1n) is 21.1. The Morgan fingerprint density at radius 2 is 0.758 bits per heavy atom. The summed E-state index contributed by atoms with van der Waals surface area (Å²) in [5.74, 6) is 1.86. The summed E-state index contributed by atoms with van der Waals surface area (Å²) in [6, 6.07) is 75.6. The first kappa shape index (κ1) is 34.6. The largest absolute Gasteiger partial charge is 0.455 e. The highest BCUT2D eigenvalue weighted by Crippen LogP contribution is 2.64. The van der Waals surface area contributed by atoms with E-state index in [4.69, 9.17) is 19.4 Å². The molecule has 4 heteroatoms. The fraction of sp³-hybridized carbons (Fsp3) is 0.0172. The van der Waals surface area contributed by atoms with Crippen LogP contribution in [0.5, 0.6) is 0 Å². The van der Waals surface area contributed by atoms with E-state index in [2.05, 4.69) is 182 Å². The van der Waals surface area contributed by atoms with Gasteiger partial charge in [-0.25, -0.2) is 15.0 Å². The number of fused-ring (bicyclic) bond motifs is 13. The smallest absolute Gasteiger partial charge is 0.164 e. The predicted octanol–water partition coefficient (Wildman–Crippen LogP) is 14.4. The molecule has 1 spiro atoms. The summed E-state index contributed by atoms with van der Waals surface area (Å²) in [6.45, 7) is 0. The molecule has 62 heavy (non-hydrogen) atoms. The first-order valence-corrected chi connectivity index (χ1v) is 21.1. The molecule has 4 nitrogen and oxygen atoms in total. The van der Waals surface area contributed by atoms with E-state index in [1.54, 1.807) is 0 Å². The van der Waals surface area contributed by atoms with E-state index in [9.17, 15) is 0 Å². The van der Waals surface area contributed by atoms with Gasteiger partial charge in [0.1, 0.15) is 11.2 Å². The summed E-state index contributed by atoms with van der Waals surface area (Å²) in [7, 11) is 0. The minimum absolute atomic E-state index is 0.464. The maximum atomic E-state index is 6.39. The number of rotatable bonds is 5. The van der Waals surface area contributed by atoms with Gasteiger partial charge in [-0.15, -0.1) is 0 Å². The van der Waals surface area contributed by atoms with Gasteiger partial charge in [-0.3, -0.25) is 0 Å². The van der Waals surface area contributed by atoms with Crippen LogP contribution >= 0.6 is 0 Å². The van der Waals surface area contributed by atoms with Crippen LogP contribution in [0.1, 0.15) is 22.3 Å². The molecule has 11 aromatic rings. The molecule has 0 fully saturated rings. The van der Waals surface area contributed by atoms with Gasteiger partial charge in [0.15, 0.2) is 17.5 Å². The fourth-order valence-electron chi connectivity index (χ4n) is 10.3. The molecule has 2 aromatic heterocycles. The number of aromatic nitrogens is 3. The SMILES string of the molecule is c1ccc(-c2nc(-c3ccc(-c4cccc5c4oc4ccccc45)cc3)nc(-c3cccc(-c4cccc5c4C4(c6ccccc6-c6ccccc64)c4ccccc4-5)c3)n2)cc1. The predicted molar refractivity (Wildman–Crippen MR) is 251 cm³/mol. The van der Waals surface area contributed by atoms with Gasteiger partial charge in [0.2, 0.25) is 0 Å². The molecule has 0 N–H and O–H groups in total. The average molecular weight is 790 g/mol. The van der Waals surface area contributed by atoms with Crippen LogP contribution in [-0.2, 0) is 5.41 Å². The third-order valence-electron chi connectivity index (χ3n) is 13.0. The summed E-state index contributed by atoms with van der Waals surface area (Å²) in [6.07, 6.45) is 0. The Morgan fingerprint density at radius 1 is 0.306 bits per heavy atom. The lowest BCUT2D eigenvalue weighted by atomic mass is 9.68. The van der Waals surface area contributed by atoms with Crippen molar-refractivity contribution in [3.8, 4) is 78.7 Å². The molecular formula is C58H35N3O. The highest BCUT2D eigenvalue weighted by Gasteiger charge is 2.52. The van der Waals surface area contributed by atoms with Crippen molar-refractivity contribution < 1.29 is 4.42 Å². The van der Waals surface area contributed by atoms with Crippen LogP contribution in [0.15, 0.2) is 217 Å². The molecule has 288 valence electrons. The molecular weight excluding hydrogens is 755 g/mol. The lowest BCUT2D eigenvalue weighted by Gasteiger charge is -2.32. The van der Waals surface area contributed by atoms with E-state index in [1.807, 2.05) is 30.3 Å². The van der Waals surface area contributed by atoms with Gasteiger partial charge in [-0.1, -0.05) is 200 Å². The Labute approximate surface area is 358 Å². The number of furan rings is 1. The molecule has 0 saturated carbocycles. The topological polar surface area (TPSA) is 51.8 Å². The zero-order valence-corrected chi connectivity index (χ0v) is 33.5. The van der Waals surface area contributed by atoms with Crippen LogP contribution in [0.3, 0.4) is 0 Å². The van der Waals surface area contributed by atoms with Crippen LogP contribution < -0.4 is 0 Å². The van der Waals surface area contributed by atoms with Crippen molar-refractivity contribution in [2.24, 2.45) is 0 Å². The van der Waals surface area contributed by atoms with Gasteiger partial charge in [0, 0.05) is 33.0 Å². The Hall–Kier alpha value is -8.21. The monoisotopic (exact) mass is 789 g/mol. The number of para-hydroxylation sites is 2. The zero-order chi connectivity index (χ0) is 40.8. The van der Waals surface area contributed by atoms with Crippen LogP contribution in [-0.4, -0.2) is 15.0 Å². The molecule has 0 amide bonds. The molecule has 2 aliphatic carbocycles. The summed E-state index contributed by atoms with van der Waals surface area (Å²) >= 11 is 0. The molecule has 0 saturated heterocycles. The molecule has 13 rings (SSSR count). The third kappa shape index (κ3) is 4.98. The Balaban J connectivity index is 0.958. The second-order valence-electron chi connectivity index (χ2n) is 16.2. The summed E-state index contributed by atoms with van der Waals surface area (Å²) in [5, 5.41) is 2.23. The lowest BCUT2D eigenvalue weighted by Crippen LogP contribution is -2.26. The average Bonchev–Trinajstić information content (AvgIpc) is 3.99. The van der Waals surface area contributed by atoms with Gasteiger partial charge in [0.05, 0.1) is 5.41 Å². The van der Waals surface area contributed by atoms with Crippen LogP contribution in [0.4, 0.5) is 0 Å². The number of hydrogen-bond donors (Lipinski definition) is 0. The Bertz CT molecular complexity index is 3520. The van der Waals surface area contributed by atoms with E-state index in [-0.39, 0.29) is 0 Å². The summed E-state index contributed by atoms with van der Waals surface area (Å²) in [5.41, 5.74) is 18.9. The minimum atomic E-state index is -0.464. The second kappa shape index (κ2) is 13.4. The van der Waals surface area contributed by atoms with E-state index in [0.29, 0.717) is 17.5 Å². The quantitative estimate of drug-likeness (QED) is 0.174. The second-order valence-corrected chi connectivity index (χ2v) is 16.2. The molecule has 2 aliphatic rings. The highest BCUT2D eigenvalue weighted by molar-refractivity contribution is 6.09. The van der Waals surface area contributed by atoms with Crippen molar-refractivity contribution in [3.63, 3.8) is 0 Å². The first-order chi connectivity index (χ1) is 30.7. The van der Waals surface area contributed by atoms with Crippen molar-refractivity contribution in [2.75, 3.05) is 0 Å². The van der Waals surface area contributed by atoms with Gasteiger partial charge in [-0.2, -0.15) is 0 Å². The van der Waals surface area contributed by atoms with Gasteiger partial charge < -0.3 is 4.42 Å². The molecule has 0 bridgehead atoms. The number of benzene rings is 9. The fourth-order valence-corrected chi connectivity index (χ4v) is 10.3. The molecule has 0 radical (unpaired) electrons. The normalized spacial score (nSPS) is 13.0. The van der Waals surface area contributed by atoms with Crippen LogP contribution in [0.25, 0.3) is 101 Å². The molecule has 0 atom stereocenters. The van der Waals surface area contributed by atoms with Gasteiger partial charge in [0.25, 0.3) is 0 Å². The number of nitrogens with zero attached hydrogens (tertiary/aromatic N) is 3. The molecule has 0 unspecified atom stereocenters. The lowest BCUT2D eigenvalue weighted by molar-refractivity contribution is 0.670. The molecule has 0 aliphatic heterocycles. The summed E-state index contributed by atoms with van der Waals surface area (Å²) < 4.78 is 6.39. The van der Waals surface area contributed by atoms with Crippen molar-refractivity contribution in [2.45, 2.75) is 5.41 Å². The van der Waals surface area contributed by atoms with Crippen molar-refractivity contribution >= 4 is 21.9 Å². The number of hydrogen-bond acceptors (Lipinski definition) is 4. The minimum Gasteiger partial charge on any atom is -0.455 e. The van der Waals surface area contributed by atoms with Crippen LogP contribution in [0, 0.1) is 0 Å². The van der Waals surface area contributed by atoms with E-state index >= 15 is 0 Å². The van der Waals surface area contributed by atoms with Crippen molar-refractivity contribution in [1.82, 2.24) is 15.0 Å². The van der Waals surface area contributed by atoms with Crippen molar-refractivity contribution in [1.29, 1.82) is 0 Å².